The number of aldehydes is 1. The summed E-state index contributed by atoms with van der Waals surface area (Å²) >= 11 is 5.78. The molecule has 0 heterocycles. The molecule has 1 atom stereocenters. The van der Waals surface area contributed by atoms with Gasteiger partial charge in [-0.2, -0.15) is 0 Å². The van der Waals surface area contributed by atoms with E-state index in [1.54, 1.807) is 48.5 Å². The zero-order valence-corrected chi connectivity index (χ0v) is 16.1. The average molecular weight is 394 g/mol. The van der Waals surface area contributed by atoms with E-state index in [2.05, 4.69) is 0 Å². The van der Waals surface area contributed by atoms with Gasteiger partial charge in [0.1, 0.15) is 12.4 Å². The van der Waals surface area contributed by atoms with Gasteiger partial charge in [0.2, 0.25) is 0 Å². The van der Waals surface area contributed by atoms with Crippen molar-refractivity contribution in [2.75, 3.05) is 33.9 Å². The maximum atomic E-state index is 12.1. The molecule has 2 aromatic carbocycles. The second kappa shape index (κ2) is 12.2. The van der Waals surface area contributed by atoms with Crippen molar-refractivity contribution in [3.63, 3.8) is 0 Å². The molecule has 146 valence electrons. The number of likely N-dealkylation sites (N-methyl/N-ethyl adjacent to an activating group) is 1. The van der Waals surface area contributed by atoms with Gasteiger partial charge in [-0.3, -0.25) is 9.59 Å². The minimum atomic E-state index is -0.593. The standard InChI is InChI=1S/C15H11ClO3.C5H13NO2/c16-13-5-1-11(2-6-13)15(18)12-3-7-14(8-4-12)19-10-9-17;1-6(2)3-5(8)4-7/h1-9H,10H2;5,7-8H,3-4H2,1-2H3. The molecule has 0 saturated carbocycles. The van der Waals surface area contributed by atoms with Crippen molar-refractivity contribution in [2.45, 2.75) is 6.10 Å². The van der Waals surface area contributed by atoms with Gasteiger partial charge in [0.05, 0.1) is 12.7 Å². The molecule has 0 bridgehead atoms. The van der Waals surface area contributed by atoms with Crippen molar-refractivity contribution in [1.29, 1.82) is 0 Å². The topological polar surface area (TPSA) is 87.1 Å². The number of halogens is 1. The summed E-state index contributed by atoms with van der Waals surface area (Å²) in [4.78, 5) is 24.1. The van der Waals surface area contributed by atoms with E-state index in [9.17, 15) is 9.59 Å². The lowest BCUT2D eigenvalue weighted by Crippen LogP contribution is -2.28. The average Bonchev–Trinajstić information content (AvgIpc) is 2.66. The zero-order chi connectivity index (χ0) is 20.2. The van der Waals surface area contributed by atoms with E-state index in [0.717, 1.165) is 0 Å². The Balaban J connectivity index is 0.000000387. The second-order valence-corrected chi connectivity index (χ2v) is 6.37. The third-order valence-electron chi connectivity index (χ3n) is 3.33. The number of aliphatic hydroxyl groups is 2. The van der Waals surface area contributed by atoms with Crippen molar-refractivity contribution >= 4 is 23.7 Å². The third kappa shape index (κ3) is 8.79. The summed E-state index contributed by atoms with van der Waals surface area (Å²) in [7, 11) is 3.69. The summed E-state index contributed by atoms with van der Waals surface area (Å²) in [5.74, 6) is 0.471. The predicted molar refractivity (Wildman–Crippen MR) is 105 cm³/mol. The molecule has 0 saturated heterocycles. The summed E-state index contributed by atoms with van der Waals surface area (Å²) in [6.45, 7) is 0.374. The number of hydrogen-bond donors (Lipinski definition) is 2. The number of nitrogens with zero attached hydrogens (tertiary/aromatic N) is 1. The van der Waals surface area contributed by atoms with Gasteiger partial charge in [-0.25, -0.2) is 0 Å². The third-order valence-corrected chi connectivity index (χ3v) is 3.58. The number of aliphatic hydroxyl groups excluding tert-OH is 2. The van der Waals surface area contributed by atoms with Crippen LogP contribution in [0.25, 0.3) is 0 Å². The van der Waals surface area contributed by atoms with E-state index >= 15 is 0 Å². The van der Waals surface area contributed by atoms with Crippen LogP contribution < -0.4 is 4.74 Å². The minimum Gasteiger partial charge on any atom is -0.486 e. The van der Waals surface area contributed by atoms with Crippen molar-refractivity contribution in [3.05, 3.63) is 64.7 Å². The molecule has 0 aliphatic carbocycles. The molecule has 0 aromatic heterocycles. The van der Waals surface area contributed by atoms with E-state index in [4.69, 9.17) is 26.6 Å². The van der Waals surface area contributed by atoms with Crippen LogP contribution in [0.15, 0.2) is 48.5 Å². The van der Waals surface area contributed by atoms with Crippen molar-refractivity contribution < 1.29 is 24.5 Å². The Morgan fingerprint density at radius 2 is 1.63 bits per heavy atom. The van der Waals surface area contributed by atoms with Crippen LogP contribution in [0, 0.1) is 0 Å². The first-order valence-electron chi connectivity index (χ1n) is 8.27. The molecule has 0 spiro atoms. The van der Waals surface area contributed by atoms with Gasteiger partial charge < -0.3 is 19.8 Å². The fourth-order valence-corrected chi connectivity index (χ4v) is 2.21. The number of ether oxygens (including phenoxy) is 1. The van der Waals surface area contributed by atoms with Gasteiger partial charge in [-0.05, 0) is 62.6 Å². The van der Waals surface area contributed by atoms with E-state index < -0.39 is 6.10 Å². The fourth-order valence-electron chi connectivity index (χ4n) is 2.08. The molecular weight excluding hydrogens is 370 g/mol. The Labute approximate surface area is 164 Å². The first-order chi connectivity index (χ1) is 12.9. The number of rotatable bonds is 8. The quantitative estimate of drug-likeness (QED) is 0.527. The lowest BCUT2D eigenvalue weighted by atomic mass is 10.0. The fraction of sp³-hybridized carbons (Fsp3) is 0.300. The molecule has 1 unspecified atom stereocenters. The van der Waals surface area contributed by atoms with Crippen LogP contribution in [0.2, 0.25) is 5.02 Å². The van der Waals surface area contributed by atoms with E-state index in [1.165, 1.54) is 0 Å². The Hall–Kier alpha value is -2.25. The molecule has 2 rings (SSSR count). The smallest absolute Gasteiger partial charge is 0.193 e. The van der Waals surface area contributed by atoms with E-state index in [1.807, 2.05) is 19.0 Å². The van der Waals surface area contributed by atoms with Crippen molar-refractivity contribution in [1.82, 2.24) is 4.90 Å². The van der Waals surface area contributed by atoms with Crippen molar-refractivity contribution in [3.8, 4) is 5.75 Å². The highest BCUT2D eigenvalue weighted by Gasteiger charge is 2.08. The Morgan fingerprint density at radius 3 is 2.04 bits per heavy atom. The summed E-state index contributed by atoms with van der Waals surface area (Å²) < 4.78 is 5.11. The molecular formula is C20H24ClNO5. The highest BCUT2D eigenvalue weighted by molar-refractivity contribution is 6.30. The van der Waals surface area contributed by atoms with Gasteiger partial charge in [-0.15, -0.1) is 0 Å². The molecule has 2 N–H and O–H groups in total. The molecule has 0 amide bonds. The van der Waals surface area contributed by atoms with Crippen LogP contribution in [0.3, 0.4) is 0 Å². The minimum absolute atomic E-state index is 0.00444. The largest absolute Gasteiger partial charge is 0.486 e. The maximum absolute atomic E-state index is 12.1. The summed E-state index contributed by atoms with van der Waals surface area (Å²) in [6, 6.07) is 13.4. The zero-order valence-electron chi connectivity index (χ0n) is 15.3. The predicted octanol–water partition coefficient (Wildman–Crippen LogP) is 2.05. The molecule has 0 fully saturated rings. The molecule has 7 heteroatoms. The number of benzene rings is 2. The van der Waals surface area contributed by atoms with Gasteiger partial charge in [0, 0.05) is 22.7 Å². The normalized spacial score (nSPS) is 11.3. The number of hydrogen-bond acceptors (Lipinski definition) is 6. The van der Waals surface area contributed by atoms with Crippen LogP contribution in [0.1, 0.15) is 15.9 Å². The highest BCUT2D eigenvalue weighted by atomic mass is 35.5. The molecule has 0 aliphatic rings. The lowest BCUT2D eigenvalue weighted by Gasteiger charge is -2.12. The van der Waals surface area contributed by atoms with Gasteiger partial charge in [0.15, 0.2) is 12.1 Å². The number of ketones is 1. The first kappa shape index (κ1) is 22.8. The molecule has 27 heavy (non-hydrogen) atoms. The molecule has 2 aromatic rings. The lowest BCUT2D eigenvalue weighted by molar-refractivity contribution is -0.109. The monoisotopic (exact) mass is 393 g/mol. The van der Waals surface area contributed by atoms with E-state index in [-0.39, 0.29) is 19.0 Å². The second-order valence-electron chi connectivity index (χ2n) is 5.94. The van der Waals surface area contributed by atoms with E-state index in [0.29, 0.717) is 34.7 Å². The van der Waals surface area contributed by atoms with Gasteiger partial charge in [0.25, 0.3) is 0 Å². The number of carbonyl (C=O) groups is 2. The maximum Gasteiger partial charge on any atom is 0.193 e. The first-order valence-corrected chi connectivity index (χ1v) is 8.65. The van der Waals surface area contributed by atoms with Gasteiger partial charge >= 0.3 is 0 Å². The van der Waals surface area contributed by atoms with Crippen molar-refractivity contribution in [2.24, 2.45) is 0 Å². The Bertz CT molecular complexity index is 701. The summed E-state index contributed by atoms with van der Waals surface area (Å²) in [5, 5.41) is 17.6. The summed E-state index contributed by atoms with van der Waals surface area (Å²) in [6.07, 6.45) is 0.0808. The Morgan fingerprint density at radius 1 is 1.11 bits per heavy atom. The van der Waals surface area contributed by atoms with Gasteiger partial charge in [-0.1, -0.05) is 11.6 Å². The molecule has 0 aliphatic heterocycles. The number of carbonyl (C=O) groups excluding carboxylic acids is 2. The van der Waals surface area contributed by atoms with Crippen LogP contribution in [0.5, 0.6) is 5.75 Å². The summed E-state index contributed by atoms with van der Waals surface area (Å²) in [5.41, 5.74) is 1.13. The highest BCUT2D eigenvalue weighted by Crippen LogP contribution is 2.17. The van der Waals surface area contributed by atoms with Crippen LogP contribution in [-0.2, 0) is 4.79 Å². The van der Waals surface area contributed by atoms with Crippen LogP contribution in [-0.4, -0.2) is 67.1 Å². The Kier molecular flexibility index (Phi) is 10.3. The molecule has 0 radical (unpaired) electrons. The van der Waals surface area contributed by atoms with Crippen LogP contribution in [0.4, 0.5) is 0 Å². The van der Waals surface area contributed by atoms with Crippen LogP contribution >= 0.6 is 11.6 Å². The molecule has 6 nitrogen and oxygen atoms in total. The SMILES string of the molecule is CN(C)CC(O)CO.O=CCOc1ccc(C(=O)c2ccc(Cl)cc2)cc1.